The summed E-state index contributed by atoms with van der Waals surface area (Å²) < 4.78 is 0. The third kappa shape index (κ3) is 13.0. The summed E-state index contributed by atoms with van der Waals surface area (Å²) in [4.78, 5) is 0. The Hall–Kier alpha value is -1.04. The van der Waals surface area contributed by atoms with Crippen molar-refractivity contribution in [2.45, 2.75) is 45.4 Å². The molecule has 0 saturated carbocycles. The molecule has 0 amide bonds. The molecule has 0 fully saturated rings. The lowest BCUT2D eigenvalue weighted by atomic mass is 10.2. The third-order valence-electron chi connectivity index (χ3n) is 2.08. The Balaban J connectivity index is 3.29. The minimum Gasteiger partial charge on any atom is -0.103 e. The van der Waals surface area contributed by atoms with E-state index in [2.05, 4.69) is 50.0 Å². The number of allylic oxidation sites excluding steroid dienone is 7. The summed E-state index contributed by atoms with van der Waals surface area (Å²) in [5.41, 5.74) is 0. The van der Waals surface area contributed by atoms with Crippen LogP contribution in [-0.4, -0.2) is 0 Å². The maximum atomic E-state index is 3.66. The summed E-state index contributed by atoms with van der Waals surface area (Å²) in [6.45, 7) is 5.89. The molecule has 0 aliphatic heterocycles. The van der Waals surface area contributed by atoms with Gasteiger partial charge >= 0.3 is 0 Å². The highest BCUT2D eigenvalue weighted by Gasteiger charge is 1.78. The van der Waals surface area contributed by atoms with E-state index in [1.54, 1.807) is 0 Å². The van der Waals surface area contributed by atoms with Crippen LogP contribution in [0.4, 0.5) is 0 Å². The van der Waals surface area contributed by atoms with Gasteiger partial charge < -0.3 is 0 Å². The molecule has 15 heavy (non-hydrogen) atoms. The Kier molecular flexibility index (Phi) is 12.1. The van der Waals surface area contributed by atoms with E-state index in [-0.39, 0.29) is 0 Å². The van der Waals surface area contributed by atoms with Crippen LogP contribution < -0.4 is 0 Å². The minimum absolute atomic E-state index is 0.960. The number of hydrogen-bond acceptors (Lipinski definition) is 0. The van der Waals surface area contributed by atoms with Gasteiger partial charge in [0.05, 0.1) is 0 Å². The molecule has 0 aliphatic carbocycles. The Morgan fingerprint density at radius 3 is 2.27 bits per heavy atom. The Labute approximate surface area is 95.1 Å². The molecule has 84 valence electrons. The summed E-state index contributed by atoms with van der Waals surface area (Å²) in [6.07, 6.45) is 22.1. The Bertz CT molecular complexity index is 206. The molecule has 0 rings (SSSR count). The topological polar surface area (TPSA) is 0 Å². The zero-order valence-corrected chi connectivity index (χ0v) is 9.99. The molecule has 0 spiro atoms. The van der Waals surface area contributed by atoms with E-state index < -0.39 is 0 Å². The van der Waals surface area contributed by atoms with Crippen LogP contribution >= 0.6 is 0 Å². The van der Waals surface area contributed by atoms with Gasteiger partial charge in [-0.25, -0.2) is 0 Å². The van der Waals surface area contributed by atoms with E-state index in [1.165, 1.54) is 19.3 Å². The lowest BCUT2D eigenvalue weighted by molar-refractivity contribution is 0.811. The van der Waals surface area contributed by atoms with Crippen molar-refractivity contribution in [3.63, 3.8) is 0 Å². The van der Waals surface area contributed by atoms with Crippen molar-refractivity contribution in [3.05, 3.63) is 49.1 Å². The predicted molar refractivity (Wildman–Crippen MR) is 71.0 cm³/mol. The largest absolute Gasteiger partial charge is 0.103 e. The second-order valence-electron chi connectivity index (χ2n) is 3.57. The molecule has 0 aromatic rings. The van der Waals surface area contributed by atoms with Gasteiger partial charge in [0.25, 0.3) is 0 Å². The van der Waals surface area contributed by atoms with Crippen LogP contribution in [0.25, 0.3) is 0 Å². The molecule has 0 heterocycles. The van der Waals surface area contributed by atoms with Gasteiger partial charge in [0.1, 0.15) is 0 Å². The summed E-state index contributed by atoms with van der Waals surface area (Å²) >= 11 is 0. The van der Waals surface area contributed by atoms with Crippen LogP contribution in [-0.2, 0) is 0 Å². The van der Waals surface area contributed by atoms with Gasteiger partial charge in [-0.2, -0.15) is 0 Å². The molecule has 0 aliphatic rings. The van der Waals surface area contributed by atoms with Gasteiger partial charge in [-0.15, -0.1) is 6.58 Å². The fourth-order valence-electron chi connectivity index (χ4n) is 1.18. The van der Waals surface area contributed by atoms with E-state index in [9.17, 15) is 0 Å². The van der Waals surface area contributed by atoms with Gasteiger partial charge in [0.15, 0.2) is 0 Å². The first-order chi connectivity index (χ1) is 7.41. The quantitative estimate of drug-likeness (QED) is 0.275. The highest BCUT2D eigenvalue weighted by atomic mass is 13.8. The first-order valence-electron chi connectivity index (χ1n) is 5.99. The molecule has 0 nitrogen and oxygen atoms in total. The van der Waals surface area contributed by atoms with E-state index in [0.717, 1.165) is 19.3 Å². The van der Waals surface area contributed by atoms with Crippen LogP contribution in [0.1, 0.15) is 45.4 Å². The molecule has 0 bridgehead atoms. The van der Waals surface area contributed by atoms with Gasteiger partial charge in [0, 0.05) is 0 Å². The van der Waals surface area contributed by atoms with Crippen LogP contribution in [0, 0.1) is 0 Å². The van der Waals surface area contributed by atoms with Gasteiger partial charge in [-0.1, -0.05) is 62.3 Å². The monoisotopic (exact) mass is 204 g/mol. The predicted octanol–water partition coefficient (Wildman–Crippen LogP) is 5.20. The first kappa shape index (κ1) is 14.0. The van der Waals surface area contributed by atoms with Crippen LogP contribution in [0.3, 0.4) is 0 Å². The van der Waals surface area contributed by atoms with Crippen LogP contribution in [0.2, 0.25) is 0 Å². The number of rotatable bonds is 9. The molecule has 0 unspecified atom stereocenters. The van der Waals surface area contributed by atoms with Crippen molar-refractivity contribution in [1.82, 2.24) is 0 Å². The molecule has 0 atom stereocenters. The Morgan fingerprint density at radius 2 is 1.53 bits per heavy atom. The smallest absolute Gasteiger partial charge is 0.0169 e. The normalized spacial score (nSPS) is 12.1. The second kappa shape index (κ2) is 13.0. The number of unbranched alkanes of at least 4 members (excludes halogenated alkanes) is 3. The van der Waals surface area contributed by atoms with Crippen molar-refractivity contribution in [3.8, 4) is 0 Å². The summed E-state index contributed by atoms with van der Waals surface area (Å²) in [7, 11) is 0. The minimum atomic E-state index is 0.960. The lowest BCUT2D eigenvalue weighted by Gasteiger charge is -1.88. The van der Waals surface area contributed by atoms with Gasteiger partial charge in [-0.05, 0) is 25.7 Å². The zero-order chi connectivity index (χ0) is 11.2. The van der Waals surface area contributed by atoms with Gasteiger partial charge in [-0.3, -0.25) is 0 Å². The summed E-state index contributed by atoms with van der Waals surface area (Å²) in [5, 5.41) is 0. The molecule has 0 aromatic carbocycles. The maximum Gasteiger partial charge on any atom is -0.0169 e. The lowest BCUT2D eigenvalue weighted by Crippen LogP contribution is -1.68. The fourth-order valence-corrected chi connectivity index (χ4v) is 1.18. The van der Waals surface area contributed by atoms with Crippen molar-refractivity contribution in [1.29, 1.82) is 0 Å². The average Bonchev–Trinajstić information content (AvgIpc) is 2.26. The highest BCUT2D eigenvalue weighted by Crippen LogP contribution is 1.98. The SMILES string of the molecule is C=CC/C=C/C=C/CCC=CCCCC. The van der Waals surface area contributed by atoms with E-state index in [4.69, 9.17) is 0 Å². The van der Waals surface area contributed by atoms with Crippen LogP contribution in [0.5, 0.6) is 0 Å². The van der Waals surface area contributed by atoms with E-state index >= 15 is 0 Å². The van der Waals surface area contributed by atoms with Crippen molar-refractivity contribution in [2.75, 3.05) is 0 Å². The molecule has 0 aromatic heterocycles. The van der Waals surface area contributed by atoms with E-state index in [1.807, 2.05) is 6.08 Å². The molecule has 0 heteroatoms. The Morgan fingerprint density at radius 1 is 0.867 bits per heavy atom. The van der Waals surface area contributed by atoms with Crippen molar-refractivity contribution in [2.24, 2.45) is 0 Å². The summed E-state index contributed by atoms with van der Waals surface area (Å²) in [6, 6.07) is 0. The highest BCUT2D eigenvalue weighted by molar-refractivity contribution is 5.04. The molecule has 0 N–H and O–H groups in total. The molecule has 0 saturated heterocycles. The standard InChI is InChI=1S/C15H24/c1-3-5-7-9-11-13-15-14-12-10-8-6-4-2/h3,7,9-13H,1,4-6,8,14-15H2,2H3/b9-7+,12-10?,13-11+. The molecular weight excluding hydrogens is 180 g/mol. The third-order valence-corrected chi connectivity index (χ3v) is 2.08. The second-order valence-corrected chi connectivity index (χ2v) is 3.57. The molecule has 0 radical (unpaired) electrons. The average molecular weight is 204 g/mol. The van der Waals surface area contributed by atoms with Crippen molar-refractivity contribution < 1.29 is 0 Å². The van der Waals surface area contributed by atoms with E-state index in [0.29, 0.717) is 0 Å². The van der Waals surface area contributed by atoms with Crippen LogP contribution in [0.15, 0.2) is 49.1 Å². The fraction of sp³-hybridized carbons (Fsp3) is 0.467. The zero-order valence-electron chi connectivity index (χ0n) is 9.99. The van der Waals surface area contributed by atoms with Gasteiger partial charge in [0.2, 0.25) is 0 Å². The number of hydrogen-bond donors (Lipinski definition) is 0. The summed E-state index contributed by atoms with van der Waals surface area (Å²) in [5.74, 6) is 0. The molecular formula is C15H24. The van der Waals surface area contributed by atoms with Crippen molar-refractivity contribution >= 4 is 0 Å². The first-order valence-corrected chi connectivity index (χ1v) is 5.99. The maximum absolute atomic E-state index is 3.66.